The molecule has 0 spiro atoms. The van der Waals surface area contributed by atoms with Crippen LogP contribution in [0.15, 0.2) is 36.0 Å². The third-order valence-corrected chi connectivity index (χ3v) is 3.80. The fourth-order valence-corrected chi connectivity index (χ4v) is 2.90. The lowest BCUT2D eigenvalue weighted by Gasteiger charge is -2.02. The third-order valence-electron chi connectivity index (χ3n) is 2.88. The number of thiophene rings is 1. The van der Waals surface area contributed by atoms with Crippen LogP contribution in [0.2, 0.25) is 0 Å². The van der Waals surface area contributed by atoms with Crippen molar-refractivity contribution in [1.82, 2.24) is 9.97 Å². The predicted octanol–water partition coefficient (Wildman–Crippen LogP) is 2.91. The molecule has 4 nitrogen and oxygen atoms in total. The van der Waals surface area contributed by atoms with Crippen LogP contribution in [0, 0.1) is 0 Å². The van der Waals surface area contributed by atoms with Crippen molar-refractivity contribution in [2.75, 3.05) is 0 Å². The second-order valence-electron chi connectivity index (χ2n) is 3.95. The molecule has 3 rings (SSSR count). The number of carboxylic acid groups (broad SMARTS) is 1. The van der Waals surface area contributed by atoms with E-state index in [0.717, 1.165) is 21.5 Å². The van der Waals surface area contributed by atoms with Crippen molar-refractivity contribution in [3.63, 3.8) is 0 Å². The van der Waals surface area contributed by atoms with Gasteiger partial charge in [-0.1, -0.05) is 0 Å². The van der Waals surface area contributed by atoms with Crippen molar-refractivity contribution in [2.45, 2.75) is 6.42 Å². The van der Waals surface area contributed by atoms with Crippen LogP contribution in [0.1, 0.15) is 20.8 Å². The molecule has 5 heteroatoms. The van der Waals surface area contributed by atoms with Gasteiger partial charge >= 0.3 is 5.97 Å². The smallest absolute Gasteiger partial charge is 0.336 e. The number of nitrogens with one attached hydrogen (secondary N) is 1. The molecule has 0 aliphatic rings. The number of nitrogens with zero attached hydrogens (tertiary/aromatic N) is 1. The van der Waals surface area contributed by atoms with E-state index in [2.05, 4.69) is 9.97 Å². The Morgan fingerprint density at radius 1 is 1.39 bits per heavy atom. The molecule has 3 aromatic rings. The van der Waals surface area contributed by atoms with Crippen molar-refractivity contribution < 1.29 is 9.90 Å². The summed E-state index contributed by atoms with van der Waals surface area (Å²) in [6, 6.07) is 5.55. The highest BCUT2D eigenvalue weighted by molar-refractivity contribution is 7.10. The lowest BCUT2D eigenvalue weighted by atomic mass is 10.1. The average molecular weight is 258 g/mol. The topological polar surface area (TPSA) is 66.0 Å². The van der Waals surface area contributed by atoms with Crippen LogP contribution in [0.4, 0.5) is 0 Å². The second-order valence-corrected chi connectivity index (χ2v) is 4.95. The summed E-state index contributed by atoms with van der Waals surface area (Å²) in [5.41, 5.74) is 2.31. The standard InChI is InChI=1S/C13H10N2O2S/c16-13(17)10-3-6-18-11(10)7-8-1-4-14-12-9(8)2-5-15-12/h1-6H,7H2,(H,14,15)(H,16,17). The molecule has 0 atom stereocenters. The fraction of sp³-hybridized carbons (Fsp3) is 0.0769. The van der Waals surface area contributed by atoms with Crippen LogP contribution in [-0.4, -0.2) is 21.0 Å². The molecule has 0 amide bonds. The number of pyridine rings is 1. The van der Waals surface area contributed by atoms with Gasteiger partial charge in [-0.2, -0.15) is 0 Å². The first-order chi connectivity index (χ1) is 8.75. The SMILES string of the molecule is O=C(O)c1ccsc1Cc1ccnc2[nH]ccc12. The Morgan fingerprint density at radius 2 is 2.28 bits per heavy atom. The molecule has 0 aromatic carbocycles. The van der Waals surface area contributed by atoms with Crippen molar-refractivity contribution in [3.8, 4) is 0 Å². The van der Waals surface area contributed by atoms with E-state index in [0.29, 0.717) is 12.0 Å². The number of hydrogen-bond donors (Lipinski definition) is 2. The quantitative estimate of drug-likeness (QED) is 0.759. The van der Waals surface area contributed by atoms with Crippen molar-refractivity contribution in [2.24, 2.45) is 0 Å². The molecule has 18 heavy (non-hydrogen) atoms. The predicted molar refractivity (Wildman–Crippen MR) is 70.2 cm³/mol. The Hall–Kier alpha value is -2.14. The summed E-state index contributed by atoms with van der Waals surface area (Å²) in [5.74, 6) is -0.870. The number of aromatic nitrogens is 2. The van der Waals surface area contributed by atoms with Gasteiger partial charge < -0.3 is 10.1 Å². The molecule has 2 N–H and O–H groups in total. The number of carbonyl (C=O) groups is 1. The Morgan fingerprint density at radius 3 is 3.11 bits per heavy atom. The highest BCUT2D eigenvalue weighted by atomic mass is 32.1. The number of H-pyrrole nitrogens is 1. The zero-order chi connectivity index (χ0) is 12.5. The van der Waals surface area contributed by atoms with Gasteiger partial charge in [-0.15, -0.1) is 11.3 Å². The van der Waals surface area contributed by atoms with Gasteiger partial charge in [0.25, 0.3) is 0 Å². The first-order valence-electron chi connectivity index (χ1n) is 5.46. The van der Waals surface area contributed by atoms with Gasteiger partial charge in [-0.05, 0) is 29.1 Å². The Labute approximate surface area is 107 Å². The van der Waals surface area contributed by atoms with Gasteiger partial charge in [0.2, 0.25) is 0 Å². The minimum absolute atomic E-state index is 0.389. The van der Waals surface area contributed by atoms with Crippen molar-refractivity contribution >= 4 is 28.3 Å². The highest BCUT2D eigenvalue weighted by Gasteiger charge is 2.13. The van der Waals surface area contributed by atoms with E-state index in [1.807, 2.05) is 23.7 Å². The zero-order valence-electron chi connectivity index (χ0n) is 9.38. The maximum Gasteiger partial charge on any atom is 0.336 e. The maximum absolute atomic E-state index is 11.1. The van der Waals surface area contributed by atoms with E-state index < -0.39 is 5.97 Å². The molecular weight excluding hydrogens is 248 g/mol. The van der Waals surface area contributed by atoms with Crippen LogP contribution in [0.3, 0.4) is 0 Å². The Balaban J connectivity index is 2.04. The maximum atomic E-state index is 11.1. The first-order valence-corrected chi connectivity index (χ1v) is 6.34. The van der Waals surface area contributed by atoms with Gasteiger partial charge in [-0.25, -0.2) is 9.78 Å². The Bertz CT molecular complexity index is 714. The number of hydrogen-bond acceptors (Lipinski definition) is 3. The van der Waals surface area contributed by atoms with Gasteiger partial charge in [0, 0.05) is 29.1 Å². The monoisotopic (exact) mass is 258 g/mol. The van der Waals surface area contributed by atoms with Crippen LogP contribution in [0.5, 0.6) is 0 Å². The summed E-state index contributed by atoms with van der Waals surface area (Å²) < 4.78 is 0. The molecule has 0 aliphatic carbocycles. The van der Waals surface area contributed by atoms with Crippen LogP contribution in [0.25, 0.3) is 11.0 Å². The highest BCUT2D eigenvalue weighted by Crippen LogP contribution is 2.24. The first kappa shape index (κ1) is 11.0. The van der Waals surface area contributed by atoms with Crippen LogP contribution < -0.4 is 0 Å². The van der Waals surface area contributed by atoms with Crippen LogP contribution >= 0.6 is 11.3 Å². The molecule has 0 unspecified atom stereocenters. The van der Waals surface area contributed by atoms with Gasteiger partial charge in [0.15, 0.2) is 0 Å². The average Bonchev–Trinajstić information content (AvgIpc) is 2.96. The fourth-order valence-electron chi connectivity index (χ4n) is 2.01. The van der Waals surface area contributed by atoms with E-state index in [4.69, 9.17) is 5.11 Å². The van der Waals surface area contributed by atoms with Crippen molar-refractivity contribution in [3.05, 3.63) is 52.0 Å². The largest absolute Gasteiger partial charge is 0.478 e. The molecule has 0 bridgehead atoms. The summed E-state index contributed by atoms with van der Waals surface area (Å²) in [6.07, 6.45) is 4.20. The second kappa shape index (κ2) is 4.27. The normalized spacial score (nSPS) is 10.9. The minimum Gasteiger partial charge on any atom is -0.478 e. The molecule has 0 aliphatic heterocycles. The summed E-state index contributed by atoms with van der Waals surface area (Å²) in [5, 5.41) is 12.0. The molecule has 3 heterocycles. The molecule has 0 radical (unpaired) electrons. The van der Waals surface area contributed by atoms with E-state index in [1.54, 1.807) is 12.3 Å². The third kappa shape index (κ3) is 1.78. The summed E-state index contributed by atoms with van der Waals surface area (Å²) in [6.45, 7) is 0. The van der Waals surface area contributed by atoms with Gasteiger partial charge in [-0.3, -0.25) is 0 Å². The Kier molecular flexibility index (Phi) is 2.60. The van der Waals surface area contributed by atoms with Crippen LogP contribution in [-0.2, 0) is 6.42 Å². The van der Waals surface area contributed by atoms with E-state index in [9.17, 15) is 4.79 Å². The minimum atomic E-state index is -0.870. The lowest BCUT2D eigenvalue weighted by molar-refractivity contribution is 0.0696. The summed E-state index contributed by atoms with van der Waals surface area (Å²) in [4.78, 5) is 19.2. The number of rotatable bonds is 3. The molecule has 3 aromatic heterocycles. The molecular formula is C13H10N2O2S. The molecule has 0 fully saturated rings. The van der Waals surface area contributed by atoms with E-state index in [-0.39, 0.29) is 0 Å². The summed E-state index contributed by atoms with van der Waals surface area (Å²) in [7, 11) is 0. The zero-order valence-corrected chi connectivity index (χ0v) is 10.2. The number of carboxylic acids is 1. The lowest BCUT2D eigenvalue weighted by Crippen LogP contribution is -1.99. The number of aromatic carboxylic acids is 1. The van der Waals surface area contributed by atoms with Crippen molar-refractivity contribution in [1.29, 1.82) is 0 Å². The molecule has 90 valence electrons. The summed E-state index contributed by atoms with van der Waals surface area (Å²) >= 11 is 1.47. The van der Waals surface area contributed by atoms with Gasteiger partial charge in [0.05, 0.1) is 5.56 Å². The number of aromatic amines is 1. The van der Waals surface area contributed by atoms with E-state index >= 15 is 0 Å². The van der Waals surface area contributed by atoms with E-state index in [1.165, 1.54) is 11.3 Å². The number of fused-ring (bicyclic) bond motifs is 1. The molecule has 0 saturated heterocycles. The molecule has 0 saturated carbocycles. The van der Waals surface area contributed by atoms with Gasteiger partial charge in [0.1, 0.15) is 5.65 Å².